The molecule has 0 aliphatic heterocycles. The summed E-state index contributed by atoms with van der Waals surface area (Å²) in [5, 5.41) is 2.97. The third kappa shape index (κ3) is 3.45. The Labute approximate surface area is 106 Å². The lowest BCUT2D eigenvalue weighted by Gasteiger charge is -2.17. The first-order valence-corrected chi connectivity index (χ1v) is 6.38. The van der Waals surface area contributed by atoms with Gasteiger partial charge in [0.15, 0.2) is 6.10 Å². The predicted molar refractivity (Wildman–Crippen MR) is 66.9 cm³/mol. The average Bonchev–Trinajstić information content (AvgIpc) is 2.85. The molecule has 1 aliphatic carbocycles. The molecule has 1 unspecified atom stereocenters. The molecule has 4 heteroatoms. The lowest BCUT2D eigenvalue weighted by atomic mass is 10.2. The normalized spacial score (nSPS) is 17.4. The lowest BCUT2D eigenvalue weighted by Crippen LogP contribution is -2.41. The minimum Gasteiger partial charge on any atom is -0.481 e. The lowest BCUT2D eigenvalue weighted by molar-refractivity contribution is -0.127. The van der Waals surface area contributed by atoms with Crippen molar-refractivity contribution in [1.82, 2.24) is 5.32 Å². The van der Waals surface area contributed by atoms with Crippen molar-refractivity contribution < 1.29 is 13.9 Å². The van der Waals surface area contributed by atoms with Gasteiger partial charge >= 0.3 is 0 Å². The van der Waals surface area contributed by atoms with Crippen LogP contribution in [0, 0.1) is 5.82 Å². The number of halogens is 1. The molecule has 1 aromatic rings. The van der Waals surface area contributed by atoms with Crippen molar-refractivity contribution in [1.29, 1.82) is 0 Å². The Bertz CT molecular complexity index is 399. The van der Waals surface area contributed by atoms with Gasteiger partial charge in [0.2, 0.25) is 0 Å². The zero-order valence-corrected chi connectivity index (χ0v) is 10.5. The quantitative estimate of drug-likeness (QED) is 0.893. The maximum absolute atomic E-state index is 12.7. The number of rotatable bonds is 4. The van der Waals surface area contributed by atoms with Crippen LogP contribution < -0.4 is 10.1 Å². The SMILES string of the molecule is CC(Oc1ccc(F)cc1)C(=O)NC1CCCC1. The number of benzene rings is 1. The molecular weight excluding hydrogens is 233 g/mol. The van der Waals surface area contributed by atoms with Crippen LogP contribution in [0.2, 0.25) is 0 Å². The second-order valence-corrected chi connectivity index (χ2v) is 4.70. The molecule has 1 N–H and O–H groups in total. The van der Waals surface area contributed by atoms with Crippen LogP contribution >= 0.6 is 0 Å². The van der Waals surface area contributed by atoms with Crippen LogP contribution in [0.25, 0.3) is 0 Å². The predicted octanol–water partition coefficient (Wildman–Crippen LogP) is 2.65. The zero-order valence-electron chi connectivity index (χ0n) is 10.5. The summed E-state index contributed by atoms with van der Waals surface area (Å²) in [6.45, 7) is 1.70. The highest BCUT2D eigenvalue weighted by molar-refractivity contribution is 5.81. The highest BCUT2D eigenvalue weighted by Gasteiger charge is 2.21. The van der Waals surface area contributed by atoms with E-state index in [0.717, 1.165) is 12.8 Å². The van der Waals surface area contributed by atoms with E-state index in [1.165, 1.54) is 37.1 Å². The Balaban J connectivity index is 1.84. The summed E-state index contributed by atoms with van der Waals surface area (Å²) in [6, 6.07) is 5.97. The van der Waals surface area contributed by atoms with Gasteiger partial charge in [-0.25, -0.2) is 4.39 Å². The van der Waals surface area contributed by atoms with Crippen molar-refractivity contribution in [2.75, 3.05) is 0 Å². The number of nitrogens with one attached hydrogen (secondary N) is 1. The summed E-state index contributed by atoms with van der Waals surface area (Å²) < 4.78 is 18.2. The third-order valence-corrected chi connectivity index (χ3v) is 3.20. The molecule has 0 radical (unpaired) electrons. The van der Waals surface area contributed by atoms with E-state index in [0.29, 0.717) is 5.75 Å². The number of carbonyl (C=O) groups excluding carboxylic acids is 1. The number of ether oxygens (including phenoxy) is 1. The van der Waals surface area contributed by atoms with E-state index in [4.69, 9.17) is 4.74 Å². The Kier molecular flexibility index (Phi) is 4.18. The van der Waals surface area contributed by atoms with E-state index in [-0.39, 0.29) is 17.8 Å². The van der Waals surface area contributed by atoms with Crippen molar-refractivity contribution in [2.45, 2.75) is 44.8 Å². The van der Waals surface area contributed by atoms with Crippen molar-refractivity contribution in [2.24, 2.45) is 0 Å². The van der Waals surface area contributed by atoms with Gasteiger partial charge in [-0.15, -0.1) is 0 Å². The largest absolute Gasteiger partial charge is 0.481 e. The Hall–Kier alpha value is -1.58. The Morgan fingerprint density at radius 2 is 1.94 bits per heavy atom. The van der Waals surface area contributed by atoms with Gasteiger partial charge in [-0.2, -0.15) is 0 Å². The van der Waals surface area contributed by atoms with Gasteiger partial charge in [0.25, 0.3) is 5.91 Å². The maximum Gasteiger partial charge on any atom is 0.260 e. The molecule has 1 aliphatic rings. The first-order valence-electron chi connectivity index (χ1n) is 6.38. The third-order valence-electron chi connectivity index (χ3n) is 3.20. The standard InChI is InChI=1S/C14H18FNO2/c1-10(14(17)16-12-4-2-3-5-12)18-13-8-6-11(15)7-9-13/h6-10,12H,2-5H2,1H3,(H,16,17). The number of hydrogen-bond acceptors (Lipinski definition) is 2. The molecule has 1 atom stereocenters. The van der Waals surface area contributed by atoms with Crippen LogP contribution in [-0.2, 0) is 4.79 Å². The molecule has 0 bridgehead atoms. The molecule has 18 heavy (non-hydrogen) atoms. The minimum absolute atomic E-state index is 0.105. The fraction of sp³-hybridized carbons (Fsp3) is 0.500. The number of amides is 1. The second-order valence-electron chi connectivity index (χ2n) is 4.70. The number of carbonyl (C=O) groups is 1. The van der Waals surface area contributed by atoms with Gasteiger partial charge in [-0.05, 0) is 44.0 Å². The molecular formula is C14H18FNO2. The van der Waals surface area contributed by atoms with E-state index in [1.807, 2.05) is 0 Å². The summed E-state index contributed by atoms with van der Waals surface area (Å²) in [5.41, 5.74) is 0. The van der Waals surface area contributed by atoms with Crippen molar-refractivity contribution in [3.05, 3.63) is 30.1 Å². The average molecular weight is 251 g/mol. The van der Waals surface area contributed by atoms with Crippen LogP contribution in [0.15, 0.2) is 24.3 Å². The molecule has 1 fully saturated rings. The van der Waals surface area contributed by atoms with Gasteiger partial charge in [-0.3, -0.25) is 4.79 Å². The van der Waals surface area contributed by atoms with E-state index < -0.39 is 6.10 Å². The van der Waals surface area contributed by atoms with Crippen LogP contribution in [-0.4, -0.2) is 18.1 Å². The smallest absolute Gasteiger partial charge is 0.260 e. The summed E-state index contributed by atoms with van der Waals surface area (Å²) in [5.74, 6) is 0.0853. The van der Waals surface area contributed by atoms with Crippen LogP contribution in [0.1, 0.15) is 32.6 Å². The van der Waals surface area contributed by atoms with Gasteiger partial charge in [-0.1, -0.05) is 12.8 Å². The first-order chi connectivity index (χ1) is 8.65. The van der Waals surface area contributed by atoms with Gasteiger partial charge in [0.05, 0.1) is 0 Å². The molecule has 0 saturated heterocycles. The minimum atomic E-state index is -0.559. The van der Waals surface area contributed by atoms with Crippen molar-refractivity contribution in [3.8, 4) is 5.75 Å². The first kappa shape index (κ1) is 12.9. The molecule has 2 rings (SSSR count). The molecule has 1 amide bonds. The van der Waals surface area contributed by atoms with Crippen molar-refractivity contribution in [3.63, 3.8) is 0 Å². The fourth-order valence-electron chi connectivity index (χ4n) is 2.16. The molecule has 98 valence electrons. The van der Waals surface area contributed by atoms with Gasteiger partial charge < -0.3 is 10.1 Å². The molecule has 0 heterocycles. The van der Waals surface area contributed by atoms with Crippen LogP contribution in [0.5, 0.6) is 5.75 Å². The molecule has 3 nitrogen and oxygen atoms in total. The van der Waals surface area contributed by atoms with Gasteiger partial charge in [0.1, 0.15) is 11.6 Å². The highest BCUT2D eigenvalue weighted by Crippen LogP contribution is 2.18. The van der Waals surface area contributed by atoms with Crippen molar-refractivity contribution >= 4 is 5.91 Å². The monoisotopic (exact) mass is 251 g/mol. The molecule has 1 saturated carbocycles. The highest BCUT2D eigenvalue weighted by atomic mass is 19.1. The fourth-order valence-corrected chi connectivity index (χ4v) is 2.16. The maximum atomic E-state index is 12.7. The second kappa shape index (κ2) is 5.85. The van der Waals surface area contributed by atoms with E-state index in [9.17, 15) is 9.18 Å². The molecule has 1 aromatic carbocycles. The zero-order chi connectivity index (χ0) is 13.0. The van der Waals surface area contributed by atoms with Crippen LogP contribution in [0.3, 0.4) is 0 Å². The molecule has 0 spiro atoms. The molecule has 0 aromatic heterocycles. The topological polar surface area (TPSA) is 38.3 Å². The summed E-state index contributed by atoms with van der Waals surface area (Å²) in [6.07, 6.45) is 3.90. The van der Waals surface area contributed by atoms with E-state index in [2.05, 4.69) is 5.32 Å². The summed E-state index contributed by atoms with van der Waals surface area (Å²) in [7, 11) is 0. The summed E-state index contributed by atoms with van der Waals surface area (Å²) in [4.78, 5) is 11.9. The number of hydrogen-bond donors (Lipinski definition) is 1. The Morgan fingerprint density at radius 3 is 2.56 bits per heavy atom. The van der Waals surface area contributed by atoms with Gasteiger partial charge in [0, 0.05) is 6.04 Å². The van der Waals surface area contributed by atoms with E-state index >= 15 is 0 Å². The van der Waals surface area contributed by atoms with E-state index in [1.54, 1.807) is 6.92 Å². The Morgan fingerprint density at radius 1 is 1.33 bits per heavy atom. The summed E-state index contributed by atoms with van der Waals surface area (Å²) >= 11 is 0. The van der Waals surface area contributed by atoms with Crippen LogP contribution in [0.4, 0.5) is 4.39 Å².